The summed E-state index contributed by atoms with van der Waals surface area (Å²) in [4.78, 5) is 52.0. The van der Waals surface area contributed by atoms with Crippen LogP contribution < -0.4 is 5.32 Å². The van der Waals surface area contributed by atoms with Gasteiger partial charge in [0.05, 0.1) is 12.2 Å². The molecule has 1 spiro atoms. The molecule has 9 heteroatoms. The second kappa shape index (κ2) is 8.84. The van der Waals surface area contributed by atoms with Gasteiger partial charge in [0.1, 0.15) is 5.60 Å². The van der Waals surface area contributed by atoms with E-state index in [0.717, 1.165) is 13.0 Å². The fraction of sp³-hybridized carbons (Fsp3) is 0.700. The Morgan fingerprint density at radius 3 is 2.55 bits per heavy atom. The van der Waals surface area contributed by atoms with Gasteiger partial charge in [-0.3, -0.25) is 9.59 Å². The van der Waals surface area contributed by atoms with Crippen LogP contribution in [0, 0.1) is 0 Å². The molecule has 3 aliphatic heterocycles. The lowest BCUT2D eigenvalue weighted by atomic mass is 9.83. The zero-order valence-corrected chi connectivity index (χ0v) is 17.1. The summed E-state index contributed by atoms with van der Waals surface area (Å²) < 4.78 is 10.6. The van der Waals surface area contributed by atoms with Crippen LogP contribution in [-0.4, -0.2) is 78.6 Å². The van der Waals surface area contributed by atoms with E-state index in [9.17, 15) is 19.2 Å². The number of nitrogens with zero attached hydrogens (tertiary/aromatic N) is 2. The van der Waals surface area contributed by atoms with Crippen molar-refractivity contribution in [3.05, 3.63) is 11.1 Å². The molecular formula is C20H29N3O6. The van der Waals surface area contributed by atoms with Gasteiger partial charge in [0, 0.05) is 57.6 Å². The van der Waals surface area contributed by atoms with Crippen molar-refractivity contribution in [3.8, 4) is 0 Å². The molecule has 0 bridgehead atoms. The monoisotopic (exact) mass is 407 g/mol. The van der Waals surface area contributed by atoms with E-state index < -0.39 is 17.7 Å². The first-order valence-corrected chi connectivity index (χ1v) is 10.3. The fourth-order valence-electron chi connectivity index (χ4n) is 4.24. The Hall–Kier alpha value is -2.58. The Morgan fingerprint density at radius 2 is 1.93 bits per heavy atom. The Balaban J connectivity index is 1.57. The summed E-state index contributed by atoms with van der Waals surface area (Å²) in [7, 11) is 0. The molecule has 0 aromatic carbocycles. The van der Waals surface area contributed by atoms with Crippen LogP contribution in [0.25, 0.3) is 0 Å². The Morgan fingerprint density at radius 1 is 1.21 bits per heavy atom. The highest BCUT2D eigenvalue weighted by molar-refractivity contribution is 6.07. The predicted molar refractivity (Wildman–Crippen MR) is 103 cm³/mol. The summed E-state index contributed by atoms with van der Waals surface area (Å²) in [5, 5.41) is 2.87. The molecule has 160 valence electrons. The van der Waals surface area contributed by atoms with Gasteiger partial charge in [-0.15, -0.1) is 0 Å². The molecule has 29 heavy (non-hydrogen) atoms. The minimum atomic E-state index is -0.987. The first-order valence-electron chi connectivity index (χ1n) is 10.3. The van der Waals surface area contributed by atoms with Crippen LogP contribution >= 0.6 is 0 Å². The number of piperidine rings is 1. The molecule has 3 amide bonds. The zero-order valence-electron chi connectivity index (χ0n) is 17.1. The Kier molecular flexibility index (Phi) is 6.44. The van der Waals surface area contributed by atoms with E-state index in [2.05, 4.69) is 5.32 Å². The summed E-state index contributed by atoms with van der Waals surface area (Å²) in [5.41, 5.74) is -0.302. The van der Waals surface area contributed by atoms with Gasteiger partial charge in [0.2, 0.25) is 5.91 Å². The fourth-order valence-corrected chi connectivity index (χ4v) is 4.24. The van der Waals surface area contributed by atoms with Crippen molar-refractivity contribution in [2.45, 2.75) is 51.6 Å². The topological polar surface area (TPSA) is 105 Å². The van der Waals surface area contributed by atoms with Crippen molar-refractivity contribution < 1.29 is 28.7 Å². The van der Waals surface area contributed by atoms with Gasteiger partial charge in [-0.1, -0.05) is 0 Å². The van der Waals surface area contributed by atoms with Crippen LogP contribution in [0.4, 0.5) is 4.79 Å². The second-order valence-electron chi connectivity index (χ2n) is 7.66. The van der Waals surface area contributed by atoms with Crippen LogP contribution in [0.5, 0.6) is 0 Å². The highest BCUT2D eigenvalue weighted by Gasteiger charge is 2.51. The van der Waals surface area contributed by atoms with Crippen LogP contribution in [0.1, 0.15) is 46.0 Å². The van der Waals surface area contributed by atoms with Gasteiger partial charge in [-0.2, -0.15) is 0 Å². The number of carbonyl (C=O) groups is 4. The summed E-state index contributed by atoms with van der Waals surface area (Å²) in [5.74, 6) is -0.634. The van der Waals surface area contributed by atoms with Crippen LogP contribution in [0.15, 0.2) is 11.1 Å². The Bertz CT molecular complexity index is 724. The Labute approximate surface area is 170 Å². The molecule has 0 aromatic rings. The van der Waals surface area contributed by atoms with Gasteiger partial charge in [0.15, 0.2) is 0 Å². The number of carbonyl (C=O) groups excluding carboxylic acids is 4. The lowest BCUT2D eigenvalue weighted by Crippen LogP contribution is -2.50. The van der Waals surface area contributed by atoms with Gasteiger partial charge in [0.25, 0.3) is 5.91 Å². The maximum atomic E-state index is 12.9. The number of nitrogens with one attached hydrogen (secondary N) is 1. The second-order valence-corrected chi connectivity index (χ2v) is 7.66. The lowest BCUT2D eigenvalue weighted by molar-refractivity contribution is -0.150. The van der Waals surface area contributed by atoms with Crippen LogP contribution in [0.2, 0.25) is 0 Å². The maximum Gasteiger partial charge on any atom is 0.409 e. The van der Waals surface area contributed by atoms with Gasteiger partial charge in [-0.05, 0) is 26.7 Å². The molecule has 3 heterocycles. The van der Waals surface area contributed by atoms with Gasteiger partial charge >= 0.3 is 12.1 Å². The number of hydrogen-bond acceptors (Lipinski definition) is 6. The first-order chi connectivity index (χ1) is 13.9. The number of hydrogen-bond donors (Lipinski definition) is 1. The molecule has 2 saturated heterocycles. The van der Waals surface area contributed by atoms with Crippen LogP contribution in [-0.2, 0) is 23.9 Å². The molecule has 9 nitrogen and oxygen atoms in total. The van der Waals surface area contributed by atoms with E-state index in [0.29, 0.717) is 69.6 Å². The molecule has 3 aliphatic rings. The highest BCUT2D eigenvalue weighted by atomic mass is 16.6. The molecule has 1 N–H and O–H groups in total. The van der Waals surface area contributed by atoms with Crippen molar-refractivity contribution in [1.29, 1.82) is 0 Å². The molecule has 3 rings (SSSR count). The molecule has 0 aliphatic carbocycles. The van der Waals surface area contributed by atoms with Crippen LogP contribution in [0.3, 0.4) is 0 Å². The average Bonchev–Trinajstić information content (AvgIpc) is 3.20. The minimum absolute atomic E-state index is 0.164. The molecule has 2 fully saturated rings. The quantitative estimate of drug-likeness (QED) is 0.520. The van der Waals surface area contributed by atoms with E-state index >= 15 is 0 Å². The molecule has 0 saturated carbocycles. The van der Waals surface area contributed by atoms with E-state index in [1.807, 2.05) is 4.90 Å². The lowest BCUT2D eigenvalue weighted by Gasteiger charge is -2.38. The zero-order chi connectivity index (χ0) is 21.0. The number of rotatable bonds is 6. The van der Waals surface area contributed by atoms with Gasteiger partial charge < -0.3 is 24.6 Å². The molecule has 0 atom stereocenters. The molecular weight excluding hydrogens is 378 g/mol. The van der Waals surface area contributed by atoms with Crippen molar-refractivity contribution in [2.75, 3.05) is 39.3 Å². The number of ether oxygens (including phenoxy) is 2. The number of amides is 3. The summed E-state index contributed by atoms with van der Waals surface area (Å²) >= 11 is 0. The van der Waals surface area contributed by atoms with E-state index in [1.54, 1.807) is 18.7 Å². The molecule has 0 aromatic heterocycles. The van der Waals surface area contributed by atoms with Crippen molar-refractivity contribution in [1.82, 2.24) is 15.1 Å². The maximum absolute atomic E-state index is 12.9. The van der Waals surface area contributed by atoms with Crippen molar-refractivity contribution in [3.63, 3.8) is 0 Å². The van der Waals surface area contributed by atoms with Crippen molar-refractivity contribution >= 4 is 23.9 Å². The van der Waals surface area contributed by atoms with Gasteiger partial charge in [-0.25, -0.2) is 9.59 Å². The summed E-state index contributed by atoms with van der Waals surface area (Å²) in [6.45, 7) is 6.17. The average molecular weight is 407 g/mol. The summed E-state index contributed by atoms with van der Waals surface area (Å²) in [6, 6.07) is 0. The third-order valence-corrected chi connectivity index (χ3v) is 5.81. The number of likely N-dealkylation sites (tertiary alicyclic amines) is 2. The SMILES string of the molecule is CCOC(=O)N1CCC2(CC1)OC(=O)C(C)=C2C(=O)NCCCN1CCCC1=O. The summed E-state index contributed by atoms with van der Waals surface area (Å²) in [6.07, 6.45) is 2.47. The number of esters is 1. The smallest absolute Gasteiger partial charge is 0.409 e. The third kappa shape index (κ3) is 4.38. The highest BCUT2D eigenvalue weighted by Crippen LogP contribution is 2.41. The largest absolute Gasteiger partial charge is 0.450 e. The molecule has 0 unspecified atom stereocenters. The minimum Gasteiger partial charge on any atom is -0.450 e. The van der Waals surface area contributed by atoms with Crippen molar-refractivity contribution in [2.24, 2.45) is 0 Å². The standard InChI is InChI=1S/C20H29N3O6/c1-3-28-19(27)23-12-7-20(8-13-23)16(14(2)18(26)29-20)17(25)21-9-5-11-22-10-4-6-15(22)24/h3-13H2,1-2H3,(H,21,25). The predicted octanol–water partition coefficient (Wildman–Crippen LogP) is 0.980. The van der Waals surface area contributed by atoms with E-state index in [-0.39, 0.29) is 11.8 Å². The normalized spacial score (nSPS) is 21.0. The van der Waals surface area contributed by atoms with E-state index in [4.69, 9.17) is 9.47 Å². The molecule has 0 radical (unpaired) electrons. The first kappa shape index (κ1) is 21.1. The van der Waals surface area contributed by atoms with E-state index in [1.165, 1.54) is 0 Å². The third-order valence-electron chi connectivity index (χ3n) is 5.81.